The maximum Gasteiger partial charge on any atom is 0.226 e. The van der Waals surface area contributed by atoms with Gasteiger partial charge in [0.25, 0.3) is 0 Å². The van der Waals surface area contributed by atoms with Gasteiger partial charge in [0.2, 0.25) is 5.91 Å². The lowest BCUT2D eigenvalue weighted by Crippen LogP contribution is -2.35. The molecule has 4 heteroatoms. The highest BCUT2D eigenvalue weighted by atomic mass is 35.5. The third-order valence-corrected chi connectivity index (χ3v) is 2.78. The van der Waals surface area contributed by atoms with Crippen LogP contribution in [0.2, 0.25) is 0 Å². The van der Waals surface area contributed by atoms with Crippen molar-refractivity contribution in [3.8, 4) is 0 Å². The van der Waals surface area contributed by atoms with E-state index in [2.05, 4.69) is 0 Å². The number of nitrogens with two attached hydrogens (primary N) is 1. The number of amides is 1. The standard InChI is InChI=1S/C12H16N2O.ClH/c13-9-10-4-3-5-11(8-10)14-7-2-1-6-12(14)15;/h3-5,8H,1-2,6-7,9,13H2;1H. The molecule has 1 aromatic carbocycles. The number of hydrogen-bond acceptors (Lipinski definition) is 2. The number of hydrogen-bond donors (Lipinski definition) is 1. The Kier molecular flexibility index (Phi) is 4.77. The molecule has 1 saturated heterocycles. The zero-order valence-electron chi connectivity index (χ0n) is 9.19. The number of halogens is 1. The van der Waals surface area contributed by atoms with Crippen LogP contribution in [-0.2, 0) is 11.3 Å². The molecular formula is C12H17ClN2O. The molecule has 0 aromatic heterocycles. The monoisotopic (exact) mass is 240 g/mol. The molecule has 0 aliphatic carbocycles. The lowest BCUT2D eigenvalue weighted by molar-refractivity contribution is -0.119. The van der Waals surface area contributed by atoms with Crippen LogP contribution in [0.25, 0.3) is 0 Å². The first-order chi connectivity index (χ1) is 7.31. The highest BCUT2D eigenvalue weighted by molar-refractivity contribution is 5.94. The molecule has 0 atom stereocenters. The van der Waals surface area contributed by atoms with E-state index < -0.39 is 0 Å². The first kappa shape index (κ1) is 13.0. The summed E-state index contributed by atoms with van der Waals surface area (Å²) in [5.74, 6) is 0.232. The van der Waals surface area contributed by atoms with E-state index in [0.717, 1.165) is 30.6 Å². The molecule has 1 amide bonds. The Morgan fingerprint density at radius 3 is 2.81 bits per heavy atom. The second kappa shape index (κ2) is 5.87. The third kappa shape index (κ3) is 2.74. The van der Waals surface area contributed by atoms with Crippen LogP contribution in [0, 0.1) is 0 Å². The molecule has 0 spiro atoms. The largest absolute Gasteiger partial charge is 0.326 e. The lowest BCUT2D eigenvalue weighted by atomic mass is 10.1. The Bertz CT molecular complexity index is 368. The summed E-state index contributed by atoms with van der Waals surface area (Å²) >= 11 is 0. The summed E-state index contributed by atoms with van der Waals surface area (Å²) in [5.41, 5.74) is 7.64. The number of carbonyl (C=O) groups excluding carboxylic acids is 1. The Morgan fingerprint density at radius 1 is 1.31 bits per heavy atom. The maximum absolute atomic E-state index is 11.7. The molecule has 1 fully saturated rings. The Labute approximate surface area is 102 Å². The number of nitrogens with zero attached hydrogens (tertiary/aromatic N) is 1. The fourth-order valence-corrected chi connectivity index (χ4v) is 1.93. The third-order valence-electron chi connectivity index (χ3n) is 2.78. The van der Waals surface area contributed by atoms with Crippen LogP contribution >= 0.6 is 12.4 Å². The second-order valence-corrected chi connectivity index (χ2v) is 3.88. The summed E-state index contributed by atoms with van der Waals surface area (Å²) in [4.78, 5) is 13.6. The lowest BCUT2D eigenvalue weighted by Gasteiger charge is -2.27. The minimum absolute atomic E-state index is 0. The topological polar surface area (TPSA) is 46.3 Å². The molecule has 88 valence electrons. The van der Waals surface area contributed by atoms with E-state index in [1.807, 2.05) is 29.2 Å². The molecule has 2 rings (SSSR count). The molecule has 0 radical (unpaired) electrons. The van der Waals surface area contributed by atoms with Gasteiger partial charge in [-0.1, -0.05) is 12.1 Å². The van der Waals surface area contributed by atoms with Gasteiger partial charge in [-0.25, -0.2) is 0 Å². The first-order valence-corrected chi connectivity index (χ1v) is 5.40. The van der Waals surface area contributed by atoms with Crippen molar-refractivity contribution in [1.29, 1.82) is 0 Å². The van der Waals surface area contributed by atoms with Gasteiger partial charge < -0.3 is 10.6 Å². The van der Waals surface area contributed by atoms with Gasteiger partial charge >= 0.3 is 0 Å². The summed E-state index contributed by atoms with van der Waals surface area (Å²) in [6.45, 7) is 1.36. The number of carbonyl (C=O) groups is 1. The van der Waals surface area contributed by atoms with Gasteiger partial charge in [-0.3, -0.25) is 4.79 Å². The first-order valence-electron chi connectivity index (χ1n) is 5.40. The molecule has 1 aliphatic heterocycles. The maximum atomic E-state index is 11.7. The van der Waals surface area contributed by atoms with Crippen molar-refractivity contribution in [2.24, 2.45) is 5.73 Å². The van der Waals surface area contributed by atoms with Crippen molar-refractivity contribution in [2.75, 3.05) is 11.4 Å². The predicted molar refractivity (Wildman–Crippen MR) is 67.8 cm³/mol. The molecule has 3 nitrogen and oxygen atoms in total. The van der Waals surface area contributed by atoms with Gasteiger partial charge in [-0.15, -0.1) is 12.4 Å². The summed E-state index contributed by atoms with van der Waals surface area (Å²) in [5, 5.41) is 0. The van der Waals surface area contributed by atoms with Gasteiger partial charge in [0.15, 0.2) is 0 Å². The zero-order valence-corrected chi connectivity index (χ0v) is 10.0. The smallest absolute Gasteiger partial charge is 0.226 e. The molecule has 0 unspecified atom stereocenters. The Balaban J connectivity index is 0.00000128. The van der Waals surface area contributed by atoms with E-state index in [1.165, 1.54) is 0 Å². The van der Waals surface area contributed by atoms with Gasteiger partial charge in [0.05, 0.1) is 0 Å². The van der Waals surface area contributed by atoms with Crippen LogP contribution in [0.4, 0.5) is 5.69 Å². The average molecular weight is 241 g/mol. The second-order valence-electron chi connectivity index (χ2n) is 3.88. The van der Waals surface area contributed by atoms with Crippen LogP contribution in [0.5, 0.6) is 0 Å². The van der Waals surface area contributed by atoms with Crippen LogP contribution in [0.1, 0.15) is 24.8 Å². The van der Waals surface area contributed by atoms with Crippen molar-refractivity contribution in [3.63, 3.8) is 0 Å². The van der Waals surface area contributed by atoms with E-state index >= 15 is 0 Å². The predicted octanol–water partition coefficient (Wildman–Crippen LogP) is 2.08. The molecule has 2 N–H and O–H groups in total. The fourth-order valence-electron chi connectivity index (χ4n) is 1.93. The van der Waals surface area contributed by atoms with Crippen molar-refractivity contribution in [3.05, 3.63) is 29.8 Å². The summed E-state index contributed by atoms with van der Waals surface area (Å²) in [7, 11) is 0. The van der Waals surface area contributed by atoms with Crippen LogP contribution in [0.15, 0.2) is 24.3 Å². The van der Waals surface area contributed by atoms with Crippen LogP contribution in [0.3, 0.4) is 0 Å². The number of piperidine rings is 1. The van der Waals surface area contributed by atoms with Gasteiger partial charge in [-0.2, -0.15) is 0 Å². The molecule has 1 aliphatic rings. The van der Waals surface area contributed by atoms with Gasteiger partial charge in [0.1, 0.15) is 0 Å². The summed E-state index contributed by atoms with van der Waals surface area (Å²) in [6, 6.07) is 7.92. The number of benzene rings is 1. The molecule has 1 heterocycles. The average Bonchev–Trinajstić information content (AvgIpc) is 2.30. The van der Waals surface area contributed by atoms with Crippen molar-refractivity contribution >= 4 is 24.0 Å². The van der Waals surface area contributed by atoms with Crippen molar-refractivity contribution in [1.82, 2.24) is 0 Å². The Morgan fingerprint density at radius 2 is 2.12 bits per heavy atom. The molecule has 0 bridgehead atoms. The van der Waals surface area contributed by atoms with Crippen LogP contribution < -0.4 is 10.6 Å². The minimum Gasteiger partial charge on any atom is -0.326 e. The molecular weight excluding hydrogens is 224 g/mol. The van der Waals surface area contributed by atoms with Crippen molar-refractivity contribution in [2.45, 2.75) is 25.8 Å². The van der Waals surface area contributed by atoms with E-state index in [0.29, 0.717) is 13.0 Å². The van der Waals surface area contributed by atoms with E-state index in [4.69, 9.17) is 5.73 Å². The summed E-state index contributed by atoms with van der Waals surface area (Å²) < 4.78 is 0. The molecule has 1 aromatic rings. The number of rotatable bonds is 2. The van der Waals surface area contributed by atoms with E-state index in [1.54, 1.807) is 0 Å². The van der Waals surface area contributed by atoms with Crippen LogP contribution in [-0.4, -0.2) is 12.5 Å². The SMILES string of the molecule is Cl.NCc1cccc(N2CCCCC2=O)c1. The van der Waals surface area contributed by atoms with E-state index in [9.17, 15) is 4.79 Å². The fraction of sp³-hybridized carbons (Fsp3) is 0.417. The minimum atomic E-state index is 0. The molecule has 16 heavy (non-hydrogen) atoms. The normalized spacial score (nSPS) is 15.8. The molecule has 0 saturated carbocycles. The van der Waals surface area contributed by atoms with Gasteiger partial charge in [0, 0.05) is 25.2 Å². The zero-order chi connectivity index (χ0) is 10.7. The highest BCUT2D eigenvalue weighted by Crippen LogP contribution is 2.21. The summed E-state index contributed by atoms with van der Waals surface area (Å²) in [6.07, 6.45) is 2.79. The number of anilines is 1. The highest BCUT2D eigenvalue weighted by Gasteiger charge is 2.19. The Hall–Kier alpha value is -1.06. The van der Waals surface area contributed by atoms with E-state index in [-0.39, 0.29) is 18.3 Å². The van der Waals surface area contributed by atoms with Gasteiger partial charge in [-0.05, 0) is 30.5 Å². The quantitative estimate of drug-likeness (QED) is 0.861. The van der Waals surface area contributed by atoms with Crippen molar-refractivity contribution < 1.29 is 4.79 Å².